The third-order valence-corrected chi connectivity index (χ3v) is 3.77. The van der Waals surface area contributed by atoms with Crippen molar-refractivity contribution in [2.75, 3.05) is 13.1 Å². The van der Waals surface area contributed by atoms with Crippen LogP contribution in [0.5, 0.6) is 0 Å². The minimum Gasteiger partial charge on any atom is -0.316 e. The van der Waals surface area contributed by atoms with Gasteiger partial charge in [-0.25, -0.2) is 0 Å². The normalized spacial score (nSPS) is 21.8. The Kier molecular flexibility index (Phi) is 4.51. The van der Waals surface area contributed by atoms with E-state index >= 15 is 0 Å². The van der Waals surface area contributed by atoms with Gasteiger partial charge in [0.1, 0.15) is 0 Å². The third kappa shape index (κ3) is 3.38. The smallest absolute Gasteiger partial charge is 0.0439 e. The fourth-order valence-corrected chi connectivity index (χ4v) is 2.67. The van der Waals surface area contributed by atoms with E-state index in [0.29, 0.717) is 5.92 Å². The van der Waals surface area contributed by atoms with Gasteiger partial charge in [-0.05, 0) is 62.0 Å². The first-order chi connectivity index (χ1) is 7.75. The molecule has 1 unspecified atom stereocenters. The number of hydrogen-bond acceptors (Lipinski definition) is 1. The van der Waals surface area contributed by atoms with Crippen molar-refractivity contribution in [2.45, 2.75) is 25.7 Å². The second kappa shape index (κ2) is 5.90. The fourth-order valence-electron chi connectivity index (χ4n) is 2.28. The highest BCUT2D eigenvalue weighted by molar-refractivity contribution is 6.33. The largest absolute Gasteiger partial charge is 0.316 e. The molecule has 0 aliphatic carbocycles. The van der Waals surface area contributed by atoms with E-state index < -0.39 is 0 Å². The Labute approximate surface area is 107 Å². The van der Waals surface area contributed by atoms with Gasteiger partial charge in [-0.15, -0.1) is 0 Å². The predicted molar refractivity (Wildman–Crippen MR) is 70.4 cm³/mol. The minimum absolute atomic E-state index is 0.693. The number of benzene rings is 1. The van der Waals surface area contributed by atoms with E-state index in [9.17, 15) is 0 Å². The third-order valence-electron chi connectivity index (χ3n) is 3.17. The van der Waals surface area contributed by atoms with Crippen LogP contribution in [0.25, 0.3) is 0 Å². The summed E-state index contributed by atoms with van der Waals surface area (Å²) in [7, 11) is 0. The fraction of sp³-hybridized carbons (Fsp3) is 0.538. The van der Waals surface area contributed by atoms with Crippen LogP contribution >= 0.6 is 23.2 Å². The standard InChI is InChI=1S/C13H17Cl2N/c14-12-4-5-13(15)11(8-12)7-10-3-1-2-6-16-9-10/h4-5,8,10,16H,1-3,6-7,9H2. The zero-order valence-corrected chi connectivity index (χ0v) is 10.8. The van der Waals surface area contributed by atoms with E-state index in [1.807, 2.05) is 18.2 Å². The molecular weight excluding hydrogens is 241 g/mol. The van der Waals surface area contributed by atoms with Gasteiger partial charge in [-0.2, -0.15) is 0 Å². The Balaban J connectivity index is 2.04. The van der Waals surface area contributed by atoms with Crippen molar-refractivity contribution in [3.8, 4) is 0 Å². The summed E-state index contributed by atoms with van der Waals surface area (Å²) in [6, 6.07) is 5.73. The molecule has 0 radical (unpaired) electrons. The van der Waals surface area contributed by atoms with Gasteiger partial charge in [-0.3, -0.25) is 0 Å². The Hall–Kier alpha value is -0.240. The highest BCUT2D eigenvalue weighted by atomic mass is 35.5. The lowest BCUT2D eigenvalue weighted by Gasteiger charge is -2.15. The lowest BCUT2D eigenvalue weighted by Crippen LogP contribution is -2.22. The summed E-state index contributed by atoms with van der Waals surface area (Å²) in [6.07, 6.45) is 4.93. The molecule has 0 spiro atoms. The van der Waals surface area contributed by atoms with Crippen LogP contribution in [0.4, 0.5) is 0 Å². The molecule has 1 saturated heterocycles. The van der Waals surface area contributed by atoms with Crippen molar-refractivity contribution in [2.24, 2.45) is 5.92 Å². The zero-order valence-electron chi connectivity index (χ0n) is 9.31. The van der Waals surface area contributed by atoms with Crippen molar-refractivity contribution in [3.05, 3.63) is 33.8 Å². The molecule has 1 nitrogen and oxygen atoms in total. The summed E-state index contributed by atoms with van der Waals surface area (Å²) < 4.78 is 0. The van der Waals surface area contributed by atoms with Crippen LogP contribution in [-0.4, -0.2) is 13.1 Å². The van der Waals surface area contributed by atoms with Crippen molar-refractivity contribution in [3.63, 3.8) is 0 Å². The molecule has 1 heterocycles. The average molecular weight is 258 g/mol. The molecule has 1 aliphatic rings. The van der Waals surface area contributed by atoms with Crippen molar-refractivity contribution >= 4 is 23.2 Å². The summed E-state index contributed by atoms with van der Waals surface area (Å²) in [5.74, 6) is 0.693. The SMILES string of the molecule is Clc1ccc(Cl)c(CC2CCCCNC2)c1. The molecule has 88 valence electrons. The van der Waals surface area contributed by atoms with Crippen molar-refractivity contribution in [1.82, 2.24) is 5.32 Å². The van der Waals surface area contributed by atoms with Crippen LogP contribution in [0.15, 0.2) is 18.2 Å². The monoisotopic (exact) mass is 257 g/mol. The highest BCUT2D eigenvalue weighted by Gasteiger charge is 2.14. The molecule has 3 heteroatoms. The van der Waals surface area contributed by atoms with Crippen molar-refractivity contribution < 1.29 is 0 Å². The molecule has 16 heavy (non-hydrogen) atoms. The second-order valence-electron chi connectivity index (χ2n) is 4.51. The van der Waals surface area contributed by atoms with Gasteiger partial charge < -0.3 is 5.32 Å². The van der Waals surface area contributed by atoms with Crippen LogP contribution in [0.2, 0.25) is 10.0 Å². The number of nitrogens with one attached hydrogen (secondary N) is 1. The molecule has 0 amide bonds. The summed E-state index contributed by atoms with van der Waals surface area (Å²) in [5.41, 5.74) is 1.18. The number of hydrogen-bond donors (Lipinski definition) is 1. The number of rotatable bonds is 2. The lowest BCUT2D eigenvalue weighted by molar-refractivity contribution is 0.477. The zero-order chi connectivity index (χ0) is 11.4. The van der Waals surface area contributed by atoms with Crippen LogP contribution in [0, 0.1) is 5.92 Å². The molecule has 1 aliphatic heterocycles. The van der Waals surface area contributed by atoms with Crippen LogP contribution in [-0.2, 0) is 6.42 Å². The van der Waals surface area contributed by atoms with Gasteiger partial charge >= 0.3 is 0 Å². The predicted octanol–water partition coefficient (Wildman–Crippen LogP) is 3.93. The quantitative estimate of drug-likeness (QED) is 0.847. The highest BCUT2D eigenvalue weighted by Crippen LogP contribution is 2.25. The molecule has 2 rings (SSSR count). The first-order valence-corrected chi connectivity index (χ1v) is 6.66. The van der Waals surface area contributed by atoms with E-state index in [1.54, 1.807) is 0 Å². The molecule has 0 saturated carbocycles. The number of halogens is 2. The molecule has 1 atom stereocenters. The lowest BCUT2D eigenvalue weighted by atomic mass is 9.95. The minimum atomic E-state index is 0.693. The van der Waals surface area contributed by atoms with E-state index in [1.165, 1.54) is 24.8 Å². The van der Waals surface area contributed by atoms with Crippen LogP contribution in [0.1, 0.15) is 24.8 Å². The Morgan fingerprint density at radius 1 is 1.25 bits per heavy atom. The summed E-state index contributed by atoms with van der Waals surface area (Å²) in [5, 5.41) is 5.10. The topological polar surface area (TPSA) is 12.0 Å². The molecule has 0 aromatic heterocycles. The molecule has 1 fully saturated rings. The molecule has 1 aromatic rings. The van der Waals surface area contributed by atoms with E-state index in [2.05, 4.69) is 5.32 Å². The molecule has 0 bridgehead atoms. The van der Waals surface area contributed by atoms with E-state index in [-0.39, 0.29) is 0 Å². The molecular formula is C13H17Cl2N. The summed E-state index contributed by atoms with van der Waals surface area (Å²) in [4.78, 5) is 0. The molecule has 1 N–H and O–H groups in total. The van der Waals surface area contributed by atoms with Crippen LogP contribution < -0.4 is 5.32 Å². The van der Waals surface area contributed by atoms with Gasteiger partial charge in [0.2, 0.25) is 0 Å². The maximum atomic E-state index is 6.18. The van der Waals surface area contributed by atoms with Crippen molar-refractivity contribution in [1.29, 1.82) is 0 Å². The van der Waals surface area contributed by atoms with Gasteiger partial charge in [0.25, 0.3) is 0 Å². The van der Waals surface area contributed by atoms with Gasteiger partial charge in [-0.1, -0.05) is 29.6 Å². The summed E-state index contributed by atoms with van der Waals surface area (Å²) >= 11 is 12.2. The maximum absolute atomic E-state index is 6.18. The van der Waals surface area contributed by atoms with Crippen LogP contribution in [0.3, 0.4) is 0 Å². The van der Waals surface area contributed by atoms with Gasteiger partial charge in [0.05, 0.1) is 0 Å². The van der Waals surface area contributed by atoms with E-state index in [0.717, 1.165) is 29.6 Å². The first-order valence-electron chi connectivity index (χ1n) is 5.90. The van der Waals surface area contributed by atoms with Gasteiger partial charge in [0.15, 0.2) is 0 Å². The average Bonchev–Trinajstić information content (AvgIpc) is 2.52. The Bertz CT molecular complexity index is 344. The summed E-state index contributed by atoms with van der Waals surface area (Å²) in [6.45, 7) is 2.25. The first kappa shape index (κ1) is 12.2. The maximum Gasteiger partial charge on any atom is 0.0439 e. The second-order valence-corrected chi connectivity index (χ2v) is 5.35. The van der Waals surface area contributed by atoms with Gasteiger partial charge in [0, 0.05) is 10.0 Å². The van der Waals surface area contributed by atoms with E-state index in [4.69, 9.17) is 23.2 Å². The Morgan fingerprint density at radius 2 is 2.12 bits per heavy atom. The molecule has 1 aromatic carbocycles. The Morgan fingerprint density at radius 3 is 3.00 bits per heavy atom.